The van der Waals surface area contributed by atoms with Gasteiger partial charge in [-0.2, -0.15) is 0 Å². The number of nitrogens with one attached hydrogen (secondary N) is 1. The van der Waals surface area contributed by atoms with Crippen molar-refractivity contribution >= 4 is 27.5 Å². The summed E-state index contributed by atoms with van der Waals surface area (Å²) in [6.07, 6.45) is 0.632. The standard InChI is InChI=1S/C19H16BrN5O4/c1-11-18(22-23-24(11)13-3-2-4-14(10-13)25(27)28)19(26)21-16-7-8-29-17-6-5-12(20)9-15(16)17/h2-6,9-10,16H,7-8H2,1H3,(H,21,26). The van der Waals surface area contributed by atoms with E-state index in [1.165, 1.54) is 16.8 Å². The molecule has 0 bridgehead atoms. The van der Waals surface area contributed by atoms with Crippen molar-refractivity contribution in [2.24, 2.45) is 0 Å². The van der Waals surface area contributed by atoms with Crippen molar-refractivity contribution in [1.82, 2.24) is 20.3 Å². The van der Waals surface area contributed by atoms with Crippen molar-refractivity contribution in [3.63, 3.8) is 0 Å². The molecule has 4 rings (SSSR count). The molecule has 3 aromatic rings. The molecule has 2 heterocycles. The van der Waals surface area contributed by atoms with E-state index in [4.69, 9.17) is 4.74 Å². The molecule has 0 aliphatic carbocycles. The second kappa shape index (κ2) is 7.63. The first-order valence-electron chi connectivity index (χ1n) is 8.84. The number of non-ortho nitro benzene ring substituents is 1. The zero-order valence-electron chi connectivity index (χ0n) is 15.3. The van der Waals surface area contributed by atoms with Crippen molar-refractivity contribution in [2.75, 3.05) is 6.61 Å². The molecule has 0 spiro atoms. The van der Waals surface area contributed by atoms with Crippen LogP contribution in [-0.2, 0) is 0 Å². The topological polar surface area (TPSA) is 112 Å². The first-order chi connectivity index (χ1) is 13.9. The molecule has 0 radical (unpaired) electrons. The van der Waals surface area contributed by atoms with Crippen molar-refractivity contribution in [1.29, 1.82) is 0 Å². The molecule has 1 aliphatic heterocycles. The molecule has 1 N–H and O–H groups in total. The molecule has 1 amide bonds. The predicted octanol–water partition coefficient (Wildman–Crippen LogP) is 3.50. The van der Waals surface area contributed by atoms with E-state index >= 15 is 0 Å². The first-order valence-corrected chi connectivity index (χ1v) is 9.63. The van der Waals surface area contributed by atoms with E-state index in [-0.39, 0.29) is 23.3 Å². The summed E-state index contributed by atoms with van der Waals surface area (Å²) < 4.78 is 7.96. The van der Waals surface area contributed by atoms with Crippen LogP contribution in [0.2, 0.25) is 0 Å². The van der Waals surface area contributed by atoms with E-state index in [1.807, 2.05) is 18.2 Å². The first kappa shape index (κ1) is 19.1. The highest BCUT2D eigenvalue weighted by atomic mass is 79.9. The number of ether oxygens (including phenoxy) is 1. The maximum atomic E-state index is 12.9. The Hall–Kier alpha value is -3.27. The third kappa shape index (κ3) is 3.70. The number of nitro benzene ring substituents is 1. The van der Waals surface area contributed by atoms with Crippen LogP contribution in [0.1, 0.15) is 34.2 Å². The van der Waals surface area contributed by atoms with E-state index in [2.05, 4.69) is 31.6 Å². The minimum atomic E-state index is -0.482. The van der Waals surface area contributed by atoms with Crippen molar-refractivity contribution in [2.45, 2.75) is 19.4 Å². The second-order valence-electron chi connectivity index (χ2n) is 6.56. The van der Waals surface area contributed by atoms with E-state index in [1.54, 1.807) is 19.1 Å². The highest BCUT2D eigenvalue weighted by molar-refractivity contribution is 9.10. The molecule has 0 fully saturated rings. The maximum Gasteiger partial charge on any atom is 0.274 e. The summed E-state index contributed by atoms with van der Waals surface area (Å²) in [5.74, 6) is 0.374. The lowest BCUT2D eigenvalue weighted by molar-refractivity contribution is -0.384. The average molecular weight is 458 g/mol. The van der Waals surface area contributed by atoms with Gasteiger partial charge in [-0.05, 0) is 31.2 Å². The van der Waals surface area contributed by atoms with Crippen LogP contribution in [0.3, 0.4) is 0 Å². The van der Waals surface area contributed by atoms with Crippen LogP contribution in [0, 0.1) is 17.0 Å². The Morgan fingerprint density at radius 1 is 1.34 bits per heavy atom. The fraction of sp³-hybridized carbons (Fsp3) is 0.211. The molecule has 1 aliphatic rings. The fourth-order valence-electron chi connectivity index (χ4n) is 3.26. The Balaban J connectivity index is 1.60. The van der Waals surface area contributed by atoms with Crippen LogP contribution in [-0.4, -0.2) is 32.4 Å². The minimum Gasteiger partial charge on any atom is -0.493 e. The van der Waals surface area contributed by atoms with Gasteiger partial charge in [-0.3, -0.25) is 14.9 Å². The number of hydrogen-bond acceptors (Lipinski definition) is 6. The van der Waals surface area contributed by atoms with Gasteiger partial charge < -0.3 is 10.1 Å². The summed E-state index contributed by atoms with van der Waals surface area (Å²) in [6, 6.07) is 11.5. The molecule has 9 nitrogen and oxygen atoms in total. The quantitative estimate of drug-likeness (QED) is 0.473. The Morgan fingerprint density at radius 3 is 2.97 bits per heavy atom. The van der Waals surface area contributed by atoms with Gasteiger partial charge in [0.2, 0.25) is 0 Å². The molecular weight excluding hydrogens is 442 g/mol. The number of nitrogens with zero attached hydrogens (tertiary/aromatic N) is 4. The fourth-order valence-corrected chi connectivity index (χ4v) is 3.64. The van der Waals surface area contributed by atoms with Gasteiger partial charge in [-0.25, -0.2) is 4.68 Å². The highest BCUT2D eigenvalue weighted by Crippen LogP contribution is 2.34. The number of halogens is 1. The molecule has 1 atom stereocenters. The lowest BCUT2D eigenvalue weighted by Crippen LogP contribution is -2.32. The summed E-state index contributed by atoms with van der Waals surface area (Å²) in [6.45, 7) is 2.20. The van der Waals surface area contributed by atoms with Crippen LogP contribution >= 0.6 is 15.9 Å². The largest absolute Gasteiger partial charge is 0.493 e. The van der Waals surface area contributed by atoms with Crippen LogP contribution in [0.15, 0.2) is 46.9 Å². The average Bonchev–Trinajstić information content (AvgIpc) is 3.10. The number of nitro groups is 1. The van der Waals surface area contributed by atoms with Crippen molar-refractivity contribution in [3.05, 3.63) is 74.0 Å². The van der Waals surface area contributed by atoms with Gasteiger partial charge >= 0.3 is 0 Å². The maximum absolute atomic E-state index is 12.9. The van der Waals surface area contributed by atoms with E-state index in [9.17, 15) is 14.9 Å². The van der Waals surface area contributed by atoms with Crippen LogP contribution in [0.5, 0.6) is 5.75 Å². The van der Waals surface area contributed by atoms with E-state index in [0.717, 1.165) is 15.8 Å². The Bertz CT molecular complexity index is 1110. The van der Waals surface area contributed by atoms with Crippen LogP contribution in [0.25, 0.3) is 5.69 Å². The lowest BCUT2D eigenvalue weighted by Gasteiger charge is -2.26. The zero-order valence-corrected chi connectivity index (χ0v) is 16.9. The van der Waals surface area contributed by atoms with E-state index in [0.29, 0.717) is 24.4 Å². The summed E-state index contributed by atoms with van der Waals surface area (Å²) in [5.41, 5.74) is 1.95. The smallest absolute Gasteiger partial charge is 0.274 e. The van der Waals surface area contributed by atoms with Gasteiger partial charge in [0, 0.05) is 28.6 Å². The molecule has 0 saturated carbocycles. The van der Waals surface area contributed by atoms with Gasteiger partial charge in [0.1, 0.15) is 5.75 Å². The third-order valence-corrected chi connectivity index (χ3v) is 5.20. The van der Waals surface area contributed by atoms with Crippen molar-refractivity contribution < 1.29 is 14.5 Å². The highest BCUT2D eigenvalue weighted by Gasteiger charge is 2.26. The molecule has 1 unspecified atom stereocenters. The van der Waals surface area contributed by atoms with Gasteiger partial charge in [-0.1, -0.05) is 27.2 Å². The van der Waals surface area contributed by atoms with Crippen LogP contribution < -0.4 is 10.1 Å². The lowest BCUT2D eigenvalue weighted by atomic mass is 10.0. The van der Waals surface area contributed by atoms with Crippen LogP contribution in [0.4, 0.5) is 5.69 Å². The number of rotatable bonds is 4. The molecule has 29 heavy (non-hydrogen) atoms. The third-order valence-electron chi connectivity index (χ3n) is 4.71. The Labute approximate surface area is 174 Å². The van der Waals surface area contributed by atoms with Gasteiger partial charge in [0.15, 0.2) is 5.69 Å². The molecule has 1 aromatic heterocycles. The number of carbonyl (C=O) groups excluding carboxylic acids is 1. The summed E-state index contributed by atoms with van der Waals surface area (Å²) in [4.78, 5) is 23.4. The van der Waals surface area contributed by atoms with Gasteiger partial charge in [0.25, 0.3) is 11.6 Å². The molecule has 148 valence electrons. The van der Waals surface area contributed by atoms with Gasteiger partial charge in [0.05, 0.1) is 29.0 Å². The van der Waals surface area contributed by atoms with Gasteiger partial charge in [-0.15, -0.1) is 5.10 Å². The SMILES string of the molecule is Cc1c(C(=O)NC2CCOc3ccc(Br)cc32)nnn1-c1cccc([N+](=O)[O-])c1. The summed E-state index contributed by atoms with van der Waals surface area (Å²) >= 11 is 3.44. The Morgan fingerprint density at radius 2 is 2.17 bits per heavy atom. The monoisotopic (exact) mass is 457 g/mol. The molecule has 0 saturated heterocycles. The Kier molecular flexibility index (Phi) is 5.01. The molecule has 2 aromatic carbocycles. The minimum absolute atomic E-state index is 0.0622. The number of fused-ring (bicyclic) bond motifs is 1. The normalized spacial score (nSPS) is 15.3. The summed E-state index contributed by atoms with van der Waals surface area (Å²) in [5, 5.41) is 22.0. The molecular formula is C19H16BrN5O4. The molecule has 10 heteroatoms. The number of benzene rings is 2. The number of carbonyl (C=O) groups is 1. The second-order valence-corrected chi connectivity index (χ2v) is 7.47. The number of aromatic nitrogens is 3. The van der Waals surface area contributed by atoms with Crippen molar-refractivity contribution in [3.8, 4) is 11.4 Å². The summed E-state index contributed by atoms with van der Waals surface area (Å²) in [7, 11) is 0. The zero-order chi connectivity index (χ0) is 20.5. The number of hydrogen-bond donors (Lipinski definition) is 1. The predicted molar refractivity (Wildman–Crippen MR) is 107 cm³/mol. The number of amides is 1. The van der Waals surface area contributed by atoms with E-state index < -0.39 is 4.92 Å².